The number of carbonyl (C=O) groups excluding carboxylic acids is 1. The molecule has 3 rings (SSSR count). The number of carbonyl (C=O) groups is 1. The number of benzene rings is 1. The maximum atomic E-state index is 12.7. The van der Waals surface area contributed by atoms with E-state index in [0.29, 0.717) is 13.1 Å². The molecule has 0 unspecified atom stereocenters. The lowest BCUT2D eigenvalue weighted by Crippen LogP contribution is -2.63. The average Bonchev–Trinajstić information content (AvgIpc) is 2.62. The summed E-state index contributed by atoms with van der Waals surface area (Å²) in [5.74, 6) is 0. The number of hydrogen-bond donors (Lipinski definition) is 2. The van der Waals surface area contributed by atoms with E-state index in [1.165, 1.54) is 0 Å². The number of pyridine rings is 1. The van der Waals surface area contributed by atoms with Gasteiger partial charge in [0.25, 0.3) is 0 Å². The van der Waals surface area contributed by atoms with E-state index in [2.05, 4.69) is 15.8 Å². The molecule has 1 amide bonds. The predicted octanol–water partition coefficient (Wildman–Crippen LogP) is 2.16. The Morgan fingerprint density at radius 2 is 1.77 bits per heavy atom. The van der Waals surface area contributed by atoms with E-state index < -0.39 is 0 Å². The number of nitrogens with zero attached hydrogens (tertiary/aromatic N) is 2. The number of piperazine rings is 1. The summed E-state index contributed by atoms with van der Waals surface area (Å²) in [6, 6.07) is 13.1. The van der Waals surface area contributed by atoms with E-state index in [4.69, 9.17) is 4.84 Å². The number of anilines is 1. The lowest BCUT2D eigenvalue weighted by Gasteiger charge is -2.36. The second-order valence-corrected chi connectivity index (χ2v) is 5.21. The molecule has 0 saturated carbocycles. The molecule has 6 nitrogen and oxygen atoms in total. The van der Waals surface area contributed by atoms with Gasteiger partial charge in [-0.1, -0.05) is 18.2 Å². The van der Waals surface area contributed by atoms with Crippen molar-refractivity contribution in [2.45, 2.75) is 0 Å². The van der Waals surface area contributed by atoms with Gasteiger partial charge in [-0.2, -0.15) is 9.28 Å². The van der Waals surface area contributed by atoms with Crippen molar-refractivity contribution in [3.05, 3.63) is 54.9 Å². The molecule has 6 heteroatoms. The number of amides is 1. The van der Waals surface area contributed by atoms with Crippen LogP contribution in [-0.4, -0.2) is 37.3 Å². The fourth-order valence-electron chi connectivity index (χ4n) is 2.65. The smallest absolute Gasteiger partial charge is 0.306 e. The van der Waals surface area contributed by atoms with E-state index in [1.807, 2.05) is 42.5 Å². The monoisotopic (exact) mass is 299 g/mol. The molecule has 0 spiro atoms. The second kappa shape index (κ2) is 6.55. The Balaban J connectivity index is 1.79. The zero-order chi connectivity index (χ0) is 15.3. The van der Waals surface area contributed by atoms with Gasteiger partial charge in [0.05, 0.1) is 5.69 Å². The molecule has 1 fully saturated rings. The molecule has 114 valence electrons. The Morgan fingerprint density at radius 1 is 1.09 bits per heavy atom. The Kier molecular flexibility index (Phi) is 4.32. The Bertz CT molecular complexity index is 613. The van der Waals surface area contributed by atoms with Gasteiger partial charge >= 0.3 is 6.09 Å². The molecule has 1 aromatic heterocycles. The summed E-state index contributed by atoms with van der Waals surface area (Å²) >= 11 is 0. The van der Waals surface area contributed by atoms with Crippen molar-refractivity contribution in [1.29, 1.82) is 0 Å². The van der Waals surface area contributed by atoms with Crippen molar-refractivity contribution < 1.29 is 9.63 Å². The third kappa shape index (κ3) is 2.93. The number of hydrogen-bond acceptors (Lipinski definition) is 5. The Labute approximate surface area is 129 Å². The van der Waals surface area contributed by atoms with E-state index in [0.717, 1.165) is 24.5 Å². The van der Waals surface area contributed by atoms with Crippen molar-refractivity contribution in [2.24, 2.45) is 0 Å². The molecule has 2 N–H and O–H groups in total. The second-order valence-electron chi connectivity index (χ2n) is 5.21. The number of quaternary nitrogens is 1. The molecule has 0 bridgehead atoms. The maximum absolute atomic E-state index is 12.7. The van der Waals surface area contributed by atoms with Crippen LogP contribution in [0.5, 0.6) is 0 Å². The first kappa shape index (κ1) is 14.5. The summed E-state index contributed by atoms with van der Waals surface area (Å²) in [6.07, 6.45) is 3.10. The molecule has 0 atom stereocenters. The quantitative estimate of drug-likeness (QED) is 0.672. The van der Waals surface area contributed by atoms with Gasteiger partial charge < -0.3 is 5.32 Å². The van der Waals surface area contributed by atoms with Crippen LogP contribution in [0.2, 0.25) is 0 Å². The van der Waals surface area contributed by atoms with Crippen molar-refractivity contribution in [2.75, 3.05) is 31.7 Å². The summed E-state index contributed by atoms with van der Waals surface area (Å²) in [5, 5.41) is 3.28. The number of rotatable bonds is 3. The standard InChI is InChI=1S/C16H19N4O2/c21-16(22-19-14-4-2-1-3-5-14)20(12-10-18-11-13-20)15-6-8-17-9-7-15/h1-9,18-19H,10-13H2/q+1. The van der Waals surface area contributed by atoms with Crippen LogP contribution >= 0.6 is 0 Å². The lowest BCUT2D eigenvalue weighted by molar-refractivity contribution is 0.118. The molecule has 1 aliphatic rings. The minimum Gasteiger partial charge on any atom is -0.306 e. The third-order valence-corrected chi connectivity index (χ3v) is 3.88. The van der Waals surface area contributed by atoms with Gasteiger partial charge in [-0.25, -0.2) is 5.48 Å². The Morgan fingerprint density at radius 3 is 2.45 bits per heavy atom. The van der Waals surface area contributed by atoms with Crippen LogP contribution in [0.4, 0.5) is 16.2 Å². The summed E-state index contributed by atoms with van der Waals surface area (Å²) in [7, 11) is 0. The van der Waals surface area contributed by atoms with Gasteiger partial charge in [0.2, 0.25) is 0 Å². The largest absolute Gasteiger partial charge is 0.545 e. The normalized spacial score (nSPS) is 16.7. The van der Waals surface area contributed by atoms with Crippen LogP contribution in [0.25, 0.3) is 0 Å². The molecular formula is C16H19N4O2+. The molecule has 2 heterocycles. The van der Waals surface area contributed by atoms with E-state index in [1.54, 1.807) is 12.4 Å². The fourth-order valence-corrected chi connectivity index (χ4v) is 2.65. The number of nitrogens with one attached hydrogen (secondary N) is 2. The molecule has 0 aliphatic carbocycles. The highest BCUT2D eigenvalue weighted by molar-refractivity contribution is 5.83. The van der Waals surface area contributed by atoms with Gasteiger partial charge in [0.1, 0.15) is 18.8 Å². The average molecular weight is 299 g/mol. The molecule has 22 heavy (non-hydrogen) atoms. The number of aromatic nitrogens is 1. The van der Waals surface area contributed by atoms with Crippen LogP contribution in [0.1, 0.15) is 0 Å². The molecule has 1 aromatic carbocycles. The highest BCUT2D eigenvalue weighted by Gasteiger charge is 2.43. The van der Waals surface area contributed by atoms with Gasteiger partial charge in [0.15, 0.2) is 0 Å². The van der Waals surface area contributed by atoms with Gasteiger partial charge in [-0.05, 0) is 12.1 Å². The lowest BCUT2D eigenvalue weighted by atomic mass is 10.2. The van der Waals surface area contributed by atoms with E-state index in [-0.39, 0.29) is 10.6 Å². The summed E-state index contributed by atoms with van der Waals surface area (Å²) in [4.78, 5) is 22.1. The first-order chi connectivity index (χ1) is 10.8. The molecule has 0 radical (unpaired) electrons. The summed E-state index contributed by atoms with van der Waals surface area (Å²) in [6.45, 7) is 2.84. The van der Waals surface area contributed by atoms with Crippen molar-refractivity contribution >= 4 is 17.5 Å². The zero-order valence-corrected chi connectivity index (χ0v) is 12.2. The van der Waals surface area contributed by atoms with Crippen LogP contribution in [0.15, 0.2) is 54.9 Å². The third-order valence-electron chi connectivity index (χ3n) is 3.88. The van der Waals surface area contributed by atoms with Gasteiger partial charge in [-0.3, -0.25) is 9.82 Å². The van der Waals surface area contributed by atoms with Gasteiger partial charge in [-0.15, -0.1) is 0 Å². The predicted molar refractivity (Wildman–Crippen MR) is 85.2 cm³/mol. The Hall–Kier alpha value is -2.44. The molecular weight excluding hydrogens is 280 g/mol. The van der Waals surface area contributed by atoms with Crippen molar-refractivity contribution in [3.63, 3.8) is 0 Å². The highest BCUT2D eigenvalue weighted by atomic mass is 16.7. The van der Waals surface area contributed by atoms with Crippen LogP contribution in [-0.2, 0) is 4.84 Å². The summed E-state index contributed by atoms with van der Waals surface area (Å²) < 4.78 is 0.162. The van der Waals surface area contributed by atoms with Crippen molar-refractivity contribution in [1.82, 2.24) is 14.8 Å². The number of para-hydroxylation sites is 1. The minimum atomic E-state index is -0.309. The summed E-state index contributed by atoms with van der Waals surface area (Å²) in [5.41, 5.74) is 4.38. The molecule has 1 saturated heterocycles. The van der Waals surface area contributed by atoms with E-state index in [9.17, 15) is 4.79 Å². The van der Waals surface area contributed by atoms with Crippen LogP contribution < -0.4 is 15.3 Å². The topological polar surface area (TPSA) is 63.2 Å². The van der Waals surface area contributed by atoms with Gasteiger partial charge in [0, 0.05) is 37.6 Å². The SMILES string of the molecule is O=C(ONc1ccccc1)[N+]1(c2ccncc2)CCNCC1. The van der Waals surface area contributed by atoms with E-state index >= 15 is 0 Å². The maximum Gasteiger partial charge on any atom is 0.545 e. The molecule has 1 aliphatic heterocycles. The highest BCUT2D eigenvalue weighted by Crippen LogP contribution is 2.25. The fraction of sp³-hybridized carbons (Fsp3) is 0.250. The minimum absolute atomic E-state index is 0.162. The zero-order valence-electron chi connectivity index (χ0n) is 12.2. The van der Waals surface area contributed by atoms with Crippen LogP contribution in [0.3, 0.4) is 0 Å². The first-order valence-electron chi connectivity index (χ1n) is 7.32. The molecule has 2 aromatic rings. The van der Waals surface area contributed by atoms with Crippen molar-refractivity contribution in [3.8, 4) is 0 Å². The van der Waals surface area contributed by atoms with Crippen LogP contribution in [0, 0.1) is 0 Å². The first-order valence-corrected chi connectivity index (χ1v) is 7.32.